The monoisotopic (exact) mass is 268 g/mol. The van der Waals surface area contributed by atoms with Gasteiger partial charge in [0.05, 0.1) is 0 Å². The van der Waals surface area contributed by atoms with Gasteiger partial charge in [0.15, 0.2) is 5.82 Å². The molecule has 0 saturated heterocycles. The molecule has 2 heterocycles. The van der Waals surface area contributed by atoms with Crippen LogP contribution in [0.25, 0.3) is 0 Å². The smallest absolute Gasteiger partial charge is 0.273 e. The van der Waals surface area contributed by atoms with E-state index in [0.29, 0.717) is 11.5 Å². The topological polar surface area (TPSA) is 73.6 Å². The number of nitrogens with zero attached hydrogens (tertiary/aromatic N) is 1. The molecule has 0 aromatic carbocycles. The Morgan fingerprint density at radius 3 is 2.87 bits per heavy atom. The highest BCUT2D eigenvalue weighted by Gasteiger charge is 2.09. The highest BCUT2D eigenvalue weighted by atomic mass is 79.9. The van der Waals surface area contributed by atoms with E-state index in [1.807, 2.05) is 6.92 Å². The van der Waals surface area contributed by atoms with E-state index in [4.69, 9.17) is 0 Å². The number of carbonyl (C=O) groups is 1. The highest BCUT2D eigenvalue weighted by Crippen LogP contribution is 2.12. The summed E-state index contributed by atoms with van der Waals surface area (Å²) in [7, 11) is 0. The maximum absolute atomic E-state index is 11.6. The van der Waals surface area contributed by atoms with Crippen LogP contribution in [-0.2, 0) is 0 Å². The minimum Gasteiger partial charge on any atom is -0.356 e. The van der Waals surface area contributed by atoms with Crippen LogP contribution in [0.2, 0.25) is 0 Å². The lowest BCUT2D eigenvalue weighted by atomic mass is 10.4. The standard InChI is InChI=1S/C9H9BrN4O/c1-5-2-8(14-13-5)12-9(15)7-3-6(10)4-11-7/h2-4,11H,1H3,(H2,12,13,14,15). The summed E-state index contributed by atoms with van der Waals surface area (Å²) in [5, 5.41) is 9.31. The molecule has 0 fully saturated rings. The zero-order valence-electron chi connectivity index (χ0n) is 7.97. The van der Waals surface area contributed by atoms with Crippen molar-refractivity contribution in [3.63, 3.8) is 0 Å². The summed E-state index contributed by atoms with van der Waals surface area (Å²) < 4.78 is 0.839. The molecule has 0 aliphatic carbocycles. The third-order valence-electron chi connectivity index (χ3n) is 1.84. The number of H-pyrrole nitrogens is 2. The van der Waals surface area contributed by atoms with Crippen molar-refractivity contribution < 1.29 is 4.79 Å². The largest absolute Gasteiger partial charge is 0.356 e. The Morgan fingerprint density at radius 1 is 1.53 bits per heavy atom. The quantitative estimate of drug-likeness (QED) is 0.780. The van der Waals surface area contributed by atoms with Crippen LogP contribution in [0.5, 0.6) is 0 Å². The van der Waals surface area contributed by atoms with E-state index in [0.717, 1.165) is 10.2 Å². The van der Waals surface area contributed by atoms with Crippen molar-refractivity contribution in [2.75, 3.05) is 5.32 Å². The number of amides is 1. The first kappa shape index (κ1) is 9.97. The van der Waals surface area contributed by atoms with Crippen LogP contribution >= 0.6 is 15.9 Å². The fourth-order valence-electron chi connectivity index (χ4n) is 1.16. The molecule has 2 rings (SSSR count). The molecule has 78 valence electrons. The van der Waals surface area contributed by atoms with Gasteiger partial charge in [-0.25, -0.2) is 0 Å². The van der Waals surface area contributed by atoms with Gasteiger partial charge in [0.1, 0.15) is 5.69 Å². The second kappa shape index (κ2) is 3.90. The van der Waals surface area contributed by atoms with Crippen LogP contribution in [-0.4, -0.2) is 21.1 Å². The fraction of sp³-hybridized carbons (Fsp3) is 0.111. The molecule has 0 aliphatic rings. The Balaban J connectivity index is 2.10. The van der Waals surface area contributed by atoms with E-state index in [1.54, 1.807) is 18.3 Å². The van der Waals surface area contributed by atoms with E-state index < -0.39 is 0 Å². The van der Waals surface area contributed by atoms with Crippen molar-refractivity contribution in [3.05, 3.63) is 34.2 Å². The molecule has 0 atom stereocenters. The summed E-state index contributed by atoms with van der Waals surface area (Å²) in [6.07, 6.45) is 1.70. The molecule has 2 aromatic heterocycles. The Kier molecular flexibility index (Phi) is 2.59. The summed E-state index contributed by atoms with van der Waals surface area (Å²) >= 11 is 3.26. The summed E-state index contributed by atoms with van der Waals surface area (Å²) in [6.45, 7) is 1.87. The van der Waals surface area contributed by atoms with Gasteiger partial charge in [-0.3, -0.25) is 9.89 Å². The molecule has 0 aliphatic heterocycles. The first-order chi connectivity index (χ1) is 7.15. The van der Waals surface area contributed by atoms with Gasteiger partial charge in [0.25, 0.3) is 5.91 Å². The van der Waals surface area contributed by atoms with Crippen LogP contribution < -0.4 is 5.32 Å². The van der Waals surface area contributed by atoms with Gasteiger partial charge in [0.2, 0.25) is 0 Å². The third-order valence-corrected chi connectivity index (χ3v) is 2.30. The molecule has 2 aromatic rings. The molecule has 1 amide bonds. The van der Waals surface area contributed by atoms with Crippen molar-refractivity contribution in [1.82, 2.24) is 15.2 Å². The molecule has 0 saturated carbocycles. The summed E-state index contributed by atoms with van der Waals surface area (Å²) in [6, 6.07) is 3.46. The van der Waals surface area contributed by atoms with Gasteiger partial charge < -0.3 is 10.3 Å². The maximum atomic E-state index is 11.6. The molecule has 6 heteroatoms. The van der Waals surface area contributed by atoms with Crippen molar-refractivity contribution in [2.45, 2.75) is 6.92 Å². The third kappa shape index (κ3) is 2.27. The number of nitrogens with one attached hydrogen (secondary N) is 3. The summed E-state index contributed by atoms with van der Waals surface area (Å²) in [4.78, 5) is 14.5. The maximum Gasteiger partial charge on any atom is 0.273 e. The first-order valence-corrected chi connectivity index (χ1v) is 5.12. The zero-order chi connectivity index (χ0) is 10.8. The number of carbonyl (C=O) groups excluding carboxylic acids is 1. The number of aromatic nitrogens is 3. The lowest BCUT2D eigenvalue weighted by Crippen LogP contribution is -2.12. The number of rotatable bonds is 2. The van der Waals surface area contributed by atoms with Gasteiger partial charge in [-0.05, 0) is 28.9 Å². The number of anilines is 1. The molecule has 0 spiro atoms. The van der Waals surface area contributed by atoms with Crippen LogP contribution in [0, 0.1) is 6.92 Å². The van der Waals surface area contributed by atoms with Crippen LogP contribution in [0.15, 0.2) is 22.8 Å². The van der Waals surface area contributed by atoms with Gasteiger partial charge in [0, 0.05) is 22.4 Å². The summed E-state index contributed by atoms with van der Waals surface area (Å²) in [5.74, 6) is 0.301. The van der Waals surface area contributed by atoms with Crippen molar-refractivity contribution >= 4 is 27.7 Å². The molecule has 3 N–H and O–H groups in total. The van der Waals surface area contributed by atoms with Crippen LogP contribution in [0.3, 0.4) is 0 Å². The second-order valence-electron chi connectivity index (χ2n) is 3.12. The Bertz CT molecular complexity index is 488. The minimum absolute atomic E-state index is 0.216. The van der Waals surface area contributed by atoms with Crippen molar-refractivity contribution in [1.29, 1.82) is 0 Å². The Labute approximate surface area is 94.4 Å². The molecular formula is C9H9BrN4O. The van der Waals surface area contributed by atoms with Crippen molar-refractivity contribution in [2.24, 2.45) is 0 Å². The number of aromatic amines is 2. The lowest BCUT2D eigenvalue weighted by Gasteiger charge is -1.97. The molecule has 15 heavy (non-hydrogen) atoms. The van der Waals surface area contributed by atoms with Gasteiger partial charge >= 0.3 is 0 Å². The first-order valence-electron chi connectivity index (χ1n) is 4.32. The molecule has 0 unspecified atom stereocenters. The van der Waals surface area contributed by atoms with E-state index in [9.17, 15) is 4.79 Å². The Hall–Kier alpha value is -1.56. The zero-order valence-corrected chi connectivity index (χ0v) is 9.55. The van der Waals surface area contributed by atoms with E-state index in [-0.39, 0.29) is 5.91 Å². The fourth-order valence-corrected chi connectivity index (χ4v) is 1.51. The molecular weight excluding hydrogens is 260 g/mol. The van der Waals surface area contributed by atoms with Crippen LogP contribution in [0.4, 0.5) is 5.82 Å². The van der Waals surface area contributed by atoms with E-state index in [1.165, 1.54) is 0 Å². The second-order valence-corrected chi connectivity index (χ2v) is 4.04. The minimum atomic E-state index is -0.216. The van der Waals surface area contributed by atoms with Crippen LogP contribution in [0.1, 0.15) is 16.2 Å². The average molecular weight is 269 g/mol. The van der Waals surface area contributed by atoms with Gasteiger partial charge in [-0.2, -0.15) is 5.10 Å². The highest BCUT2D eigenvalue weighted by molar-refractivity contribution is 9.10. The van der Waals surface area contributed by atoms with Gasteiger partial charge in [-0.1, -0.05) is 0 Å². The van der Waals surface area contributed by atoms with E-state index >= 15 is 0 Å². The van der Waals surface area contributed by atoms with Gasteiger partial charge in [-0.15, -0.1) is 0 Å². The number of halogens is 1. The Morgan fingerprint density at radius 2 is 2.33 bits per heavy atom. The predicted molar refractivity (Wildman–Crippen MR) is 59.8 cm³/mol. The number of hydrogen-bond donors (Lipinski definition) is 3. The lowest BCUT2D eigenvalue weighted by molar-refractivity contribution is 0.102. The van der Waals surface area contributed by atoms with Crippen molar-refractivity contribution in [3.8, 4) is 0 Å². The summed E-state index contributed by atoms with van der Waals surface area (Å²) in [5.41, 5.74) is 1.39. The number of aryl methyl sites for hydroxylation is 1. The predicted octanol–water partition coefficient (Wildman–Crippen LogP) is 2.06. The molecule has 0 radical (unpaired) electrons. The van der Waals surface area contributed by atoms with E-state index in [2.05, 4.69) is 36.4 Å². The number of hydrogen-bond acceptors (Lipinski definition) is 2. The molecule has 0 bridgehead atoms. The SMILES string of the molecule is Cc1cc(NC(=O)c2cc(Br)c[nH]2)n[nH]1. The normalized spacial score (nSPS) is 10.3. The molecule has 5 nitrogen and oxygen atoms in total. The average Bonchev–Trinajstić information content (AvgIpc) is 2.75.